The number of aromatic nitrogens is 4. The highest BCUT2D eigenvalue weighted by atomic mass is 16.4. The van der Waals surface area contributed by atoms with Crippen LogP contribution < -0.4 is 4.90 Å². The molecule has 0 unspecified atom stereocenters. The molecule has 1 fully saturated rings. The van der Waals surface area contributed by atoms with Crippen molar-refractivity contribution in [3.05, 3.63) is 12.7 Å². The van der Waals surface area contributed by atoms with E-state index >= 15 is 0 Å². The lowest BCUT2D eigenvalue weighted by molar-refractivity contribution is -0.142. The van der Waals surface area contributed by atoms with Gasteiger partial charge in [0.25, 0.3) is 0 Å². The molecule has 2 N–H and O–H groups in total. The van der Waals surface area contributed by atoms with Crippen LogP contribution in [0.3, 0.4) is 0 Å². The van der Waals surface area contributed by atoms with Crippen LogP contribution in [0, 0.1) is 11.8 Å². The van der Waals surface area contributed by atoms with Crippen molar-refractivity contribution in [1.29, 1.82) is 0 Å². The third kappa shape index (κ3) is 2.55. The van der Waals surface area contributed by atoms with Gasteiger partial charge in [0.2, 0.25) is 0 Å². The Bertz CT molecular complexity index is 641. The molecule has 0 spiro atoms. The molecular formula is C14H19N5O2. The molecule has 1 saturated heterocycles. The van der Waals surface area contributed by atoms with Crippen LogP contribution in [-0.2, 0) is 4.79 Å². The number of rotatable bonds is 5. The SMILES string of the molecule is CCCC[C@H]1CN(c2ncnc3nc[nH]c23)C[C@H]1C(=O)O. The molecule has 3 rings (SSSR count). The molecular weight excluding hydrogens is 270 g/mol. The smallest absolute Gasteiger partial charge is 0.308 e. The van der Waals surface area contributed by atoms with Crippen molar-refractivity contribution < 1.29 is 9.90 Å². The van der Waals surface area contributed by atoms with E-state index in [9.17, 15) is 9.90 Å². The number of carboxylic acids is 1. The fraction of sp³-hybridized carbons (Fsp3) is 0.571. The van der Waals surface area contributed by atoms with Gasteiger partial charge in [0.05, 0.1) is 12.2 Å². The summed E-state index contributed by atoms with van der Waals surface area (Å²) < 4.78 is 0. The summed E-state index contributed by atoms with van der Waals surface area (Å²) in [6.45, 7) is 3.35. The normalized spacial score (nSPS) is 22.0. The Morgan fingerprint density at radius 1 is 1.43 bits per heavy atom. The molecule has 0 bridgehead atoms. The average molecular weight is 289 g/mol. The zero-order chi connectivity index (χ0) is 14.8. The molecule has 0 aromatic carbocycles. The number of fused-ring (bicyclic) bond motifs is 1. The molecule has 0 amide bonds. The maximum Gasteiger partial charge on any atom is 0.308 e. The minimum atomic E-state index is -0.714. The highest BCUT2D eigenvalue weighted by molar-refractivity contribution is 5.83. The van der Waals surface area contributed by atoms with Gasteiger partial charge >= 0.3 is 5.97 Å². The first-order valence-electron chi connectivity index (χ1n) is 7.32. The third-order valence-corrected chi connectivity index (χ3v) is 4.19. The van der Waals surface area contributed by atoms with E-state index in [1.54, 1.807) is 6.33 Å². The number of nitrogens with zero attached hydrogens (tertiary/aromatic N) is 4. The zero-order valence-corrected chi connectivity index (χ0v) is 12.0. The van der Waals surface area contributed by atoms with E-state index in [0.717, 1.165) is 37.1 Å². The molecule has 7 nitrogen and oxygen atoms in total. The Labute approximate surface area is 122 Å². The minimum Gasteiger partial charge on any atom is -0.481 e. The van der Waals surface area contributed by atoms with E-state index in [1.165, 1.54) is 6.33 Å². The van der Waals surface area contributed by atoms with Gasteiger partial charge in [-0.3, -0.25) is 4.79 Å². The lowest BCUT2D eigenvalue weighted by Crippen LogP contribution is -2.24. The molecule has 1 aliphatic heterocycles. The highest BCUT2D eigenvalue weighted by Crippen LogP contribution is 2.32. The Kier molecular flexibility index (Phi) is 3.72. The number of carboxylic acid groups (broad SMARTS) is 1. The third-order valence-electron chi connectivity index (χ3n) is 4.19. The summed E-state index contributed by atoms with van der Waals surface area (Å²) in [5.41, 5.74) is 1.39. The molecule has 0 aliphatic carbocycles. The van der Waals surface area contributed by atoms with Crippen molar-refractivity contribution in [2.75, 3.05) is 18.0 Å². The van der Waals surface area contributed by atoms with Gasteiger partial charge in [-0.2, -0.15) is 0 Å². The summed E-state index contributed by atoms with van der Waals surface area (Å²) in [5.74, 6) is -0.115. The fourth-order valence-corrected chi connectivity index (χ4v) is 3.07. The van der Waals surface area contributed by atoms with Gasteiger partial charge in [-0.05, 0) is 12.3 Å². The zero-order valence-electron chi connectivity index (χ0n) is 12.0. The van der Waals surface area contributed by atoms with Crippen molar-refractivity contribution >= 4 is 23.0 Å². The maximum absolute atomic E-state index is 11.5. The molecule has 3 heterocycles. The molecule has 112 valence electrons. The molecule has 2 atom stereocenters. The highest BCUT2D eigenvalue weighted by Gasteiger charge is 2.38. The summed E-state index contributed by atoms with van der Waals surface area (Å²) >= 11 is 0. The van der Waals surface area contributed by atoms with E-state index in [-0.39, 0.29) is 11.8 Å². The monoisotopic (exact) mass is 289 g/mol. The molecule has 2 aromatic rings. The van der Waals surface area contributed by atoms with Crippen molar-refractivity contribution in [2.24, 2.45) is 11.8 Å². The molecule has 0 radical (unpaired) electrons. The summed E-state index contributed by atoms with van der Waals surface area (Å²) in [6.07, 6.45) is 6.16. The fourth-order valence-electron chi connectivity index (χ4n) is 3.07. The lowest BCUT2D eigenvalue weighted by Gasteiger charge is -2.17. The van der Waals surface area contributed by atoms with Gasteiger partial charge in [0, 0.05) is 13.1 Å². The Morgan fingerprint density at radius 3 is 3.05 bits per heavy atom. The standard InChI is InChI=1S/C14H19N5O2/c1-2-3-4-9-5-19(6-10(9)14(20)21)13-11-12(16-7-15-11)17-8-18-13/h7-10H,2-6H2,1H3,(H,20,21)(H,15,16,17,18)/t9-,10+/m0/s1. The van der Waals surface area contributed by atoms with E-state index in [0.29, 0.717) is 12.2 Å². The van der Waals surface area contributed by atoms with Crippen LogP contribution in [-0.4, -0.2) is 44.1 Å². The van der Waals surface area contributed by atoms with Crippen LogP contribution in [0.2, 0.25) is 0 Å². The van der Waals surface area contributed by atoms with Crippen LogP contribution in [0.25, 0.3) is 11.2 Å². The molecule has 21 heavy (non-hydrogen) atoms. The predicted octanol–water partition coefficient (Wildman–Crippen LogP) is 1.68. The molecule has 0 saturated carbocycles. The number of unbranched alkanes of at least 4 members (excludes halogenated alkanes) is 1. The molecule has 7 heteroatoms. The van der Waals surface area contributed by atoms with Crippen molar-refractivity contribution in [1.82, 2.24) is 19.9 Å². The first-order valence-corrected chi connectivity index (χ1v) is 7.32. The van der Waals surface area contributed by atoms with E-state index in [1.807, 2.05) is 4.90 Å². The first kappa shape index (κ1) is 13.8. The van der Waals surface area contributed by atoms with Crippen LogP contribution >= 0.6 is 0 Å². The second-order valence-electron chi connectivity index (χ2n) is 5.55. The number of hydrogen-bond donors (Lipinski definition) is 2. The van der Waals surface area contributed by atoms with Crippen LogP contribution in [0.4, 0.5) is 5.82 Å². The van der Waals surface area contributed by atoms with Gasteiger partial charge in [-0.25, -0.2) is 15.0 Å². The van der Waals surface area contributed by atoms with Crippen molar-refractivity contribution in [2.45, 2.75) is 26.2 Å². The number of H-pyrrole nitrogens is 1. The summed E-state index contributed by atoms with van der Waals surface area (Å²) in [6, 6.07) is 0. The van der Waals surface area contributed by atoms with Gasteiger partial charge in [-0.1, -0.05) is 19.8 Å². The van der Waals surface area contributed by atoms with Crippen LogP contribution in [0.1, 0.15) is 26.2 Å². The number of aliphatic carboxylic acids is 1. The number of nitrogens with one attached hydrogen (secondary N) is 1. The van der Waals surface area contributed by atoms with Crippen LogP contribution in [0.15, 0.2) is 12.7 Å². The molecule has 2 aromatic heterocycles. The summed E-state index contributed by atoms with van der Waals surface area (Å²) in [4.78, 5) is 29.1. The number of aromatic amines is 1. The summed E-state index contributed by atoms with van der Waals surface area (Å²) in [7, 11) is 0. The molecule has 1 aliphatic rings. The Morgan fingerprint density at radius 2 is 2.29 bits per heavy atom. The number of carbonyl (C=O) groups is 1. The number of hydrogen-bond acceptors (Lipinski definition) is 5. The van der Waals surface area contributed by atoms with E-state index in [2.05, 4.69) is 26.9 Å². The van der Waals surface area contributed by atoms with Gasteiger partial charge in [0.1, 0.15) is 11.8 Å². The lowest BCUT2D eigenvalue weighted by atomic mass is 9.91. The van der Waals surface area contributed by atoms with Gasteiger partial charge < -0.3 is 15.0 Å². The maximum atomic E-state index is 11.5. The van der Waals surface area contributed by atoms with Crippen molar-refractivity contribution in [3.63, 3.8) is 0 Å². The Hall–Kier alpha value is -2.18. The predicted molar refractivity (Wildman–Crippen MR) is 78.0 cm³/mol. The topological polar surface area (TPSA) is 95.0 Å². The summed E-state index contributed by atoms with van der Waals surface area (Å²) in [5, 5.41) is 9.44. The van der Waals surface area contributed by atoms with E-state index < -0.39 is 5.97 Å². The van der Waals surface area contributed by atoms with Crippen LogP contribution in [0.5, 0.6) is 0 Å². The van der Waals surface area contributed by atoms with Crippen molar-refractivity contribution in [3.8, 4) is 0 Å². The minimum absolute atomic E-state index is 0.176. The largest absolute Gasteiger partial charge is 0.481 e. The number of anilines is 1. The van der Waals surface area contributed by atoms with Gasteiger partial charge in [-0.15, -0.1) is 0 Å². The quantitative estimate of drug-likeness (QED) is 0.869. The van der Waals surface area contributed by atoms with Gasteiger partial charge in [0.15, 0.2) is 11.5 Å². The second-order valence-corrected chi connectivity index (χ2v) is 5.55. The average Bonchev–Trinajstić information content (AvgIpc) is 3.11. The van der Waals surface area contributed by atoms with E-state index in [4.69, 9.17) is 0 Å². The second kappa shape index (κ2) is 5.67. The first-order chi connectivity index (χ1) is 10.2. The Balaban J connectivity index is 1.86. The number of imidazole rings is 1.